The lowest BCUT2D eigenvalue weighted by molar-refractivity contribution is 0.172. The molecule has 1 aromatic heterocycles. The van der Waals surface area contributed by atoms with Gasteiger partial charge in [0, 0.05) is 39.3 Å². The van der Waals surface area contributed by atoms with Crippen molar-refractivity contribution in [3.05, 3.63) is 17.9 Å². The lowest BCUT2D eigenvalue weighted by Gasteiger charge is -2.32. The van der Waals surface area contributed by atoms with Crippen LogP contribution < -0.4 is 10.6 Å². The van der Waals surface area contributed by atoms with Gasteiger partial charge in [0.05, 0.1) is 6.54 Å². The number of amides is 2. The second kappa shape index (κ2) is 9.28. The number of hydrogen-bond acceptors (Lipinski definition) is 5. The molecule has 1 aliphatic heterocycles. The number of likely N-dealkylation sites (tertiary alicyclic amines) is 1. The fraction of sp³-hybridized carbons (Fsp3) is 0.737. The first-order valence-electron chi connectivity index (χ1n) is 10.2. The summed E-state index contributed by atoms with van der Waals surface area (Å²) in [4.78, 5) is 14.4. The van der Waals surface area contributed by atoms with Gasteiger partial charge in [-0.1, -0.05) is 19.3 Å². The van der Waals surface area contributed by atoms with Crippen molar-refractivity contribution >= 4 is 16.1 Å². The normalized spacial score (nSPS) is 20.4. The van der Waals surface area contributed by atoms with Gasteiger partial charge in [0.15, 0.2) is 0 Å². The number of nitrogens with zero attached hydrogens (tertiary/aromatic N) is 2. The van der Waals surface area contributed by atoms with Crippen LogP contribution in [-0.2, 0) is 16.6 Å². The Morgan fingerprint density at radius 3 is 2.29 bits per heavy atom. The van der Waals surface area contributed by atoms with E-state index in [2.05, 4.69) is 15.5 Å². The molecule has 2 N–H and O–H groups in total. The molecule has 0 spiro atoms. The van der Waals surface area contributed by atoms with E-state index in [9.17, 15) is 13.2 Å². The molecular formula is C19H32N4O4S. The van der Waals surface area contributed by atoms with Crippen LogP contribution in [0.2, 0.25) is 0 Å². The SMILES string of the molecule is CN(C)S(=O)(=O)c1ccc(CN2CCC(NC(=O)NC3CCCCC3)CC2)o1. The van der Waals surface area contributed by atoms with Crippen molar-refractivity contribution < 1.29 is 17.6 Å². The van der Waals surface area contributed by atoms with E-state index in [0.29, 0.717) is 18.3 Å². The van der Waals surface area contributed by atoms with Crippen LogP contribution in [0.25, 0.3) is 0 Å². The van der Waals surface area contributed by atoms with Crippen LogP contribution in [0.4, 0.5) is 4.79 Å². The molecule has 0 unspecified atom stereocenters. The van der Waals surface area contributed by atoms with E-state index in [0.717, 1.165) is 43.1 Å². The van der Waals surface area contributed by atoms with Gasteiger partial charge in [0.25, 0.3) is 10.0 Å². The Balaban J connectivity index is 1.42. The quantitative estimate of drug-likeness (QED) is 0.746. The van der Waals surface area contributed by atoms with Crippen molar-refractivity contribution in [1.82, 2.24) is 19.8 Å². The van der Waals surface area contributed by atoms with E-state index in [1.807, 2.05) is 0 Å². The number of hydrogen-bond donors (Lipinski definition) is 2. The lowest BCUT2D eigenvalue weighted by atomic mass is 9.96. The van der Waals surface area contributed by atoms with Gasteiger partial charge in [-0.3, -0.25) is 4.90 Å². The first kappa shape index (κ1) is 21.1. The zero-order valence-electron chi connectivity index (χ0n) is 16.8. The average Bonchev–Trinajstić information content (AvgIpc) is 3.13. The number of sulfonamides is 1. The predicted molar refractivity (Wildman–Crippen MR) is 106 cm³/mol. The van der Waals surface area contributed by atoms with Crippen LogP contribution in [0.1, 0.15) is 50.7 Å². The zero-order valence-corrected chi connectivity index (χ0v) is 17.6. The summed E-state index contributed by atoms with van der Waals surface area (Å²) in [6, 6.07) is 3.68. The second-order valence-corrected chi connectivity index (χ2v) is 10.1. The van der Waals surface area contributed by atoms with Crippen molar-refractivity contribution in [2.24, 2.45) is 0 Å². The van der Waals surface area contributed by atoms with Crippen molar-refractivity contribution in [2.75, 3.05) is 27.2 Å². The first-order chi connectivity index (χ1) is 13.3. The van der Waals surface area contributed by atoms with E-state index in [1.54, 1.807) is 6.07 Å². The molecule has 0 aromatic carbocycles. The molecule has 1 saturated carbocycles. The van der Waals surface area contributed by atoms with E-state index < -0.39 is 10.0 Å². The summed E-state index contributed by atoms with van der Waals surface area (Å²) in [5, 5.41) is 6.18. The number of nitrogens with one attached hydrogen (secondary N) is 2. The van der Waals surface area contributed by atoms with Crippen LogP contribution in [0.15, 0.2) is 21.6 Å². The summed E-state index contributed by atoms with van der Waals surface area (Å²) in [5.74, 6) is 0.641. The molecule has 8 nitrogen and oxygen atoms in total. The molecular weight excluding hydrogens is 380 g/mol. The van der Waals surface area contributed by atoms with Crippen LogP contribution >= 0.6 is 0 Å². The minimum absolute atomic E-state index is 0.0246. The maximum atomic E-state index is 12.2. The summed E-state index contributed by atoms with van der Waals surface area (Å²) in [5.41, 5.74) is 0. The highest BCUT2D eigenvalue weighted by Gasteiger charge is 2.25. The highest BCUT2D eigenvalue weighted by molar-refractivity contribution is 7.88. The van der Waals surface area contributed by atoms with Gasteiger partial charge >= 0.3 is 6.03 Å². The topological polar surface area (TPSA) is 94.9 Å². The molecule has 2 aliphatic rings. The zero-order chi connectivity index (χ0) is 20.1. The molecule has 0 bridgehead atoms. The fourth-order valence-corrected chi connectivity index (χ4v) is 4.69. The van der Waals surface area contributed by atoms with Crippen molar-refractivity contribution in [3.8, 4) is 0 Å². The first-order valence-corrected chi connectivity index (χ1v) is 11.6. The summed E-state index contributed by atoms with van der Waals surface area (Å²) in [6.07, 6.45) is 7.60. The summed E-state index contributed by atoms with van der Waals surface area (Å²) >= 11 is 0. The Morgan fingerprint density at radius 2 is 1.68 bits per heavy atom. The van der Waals surface area contributed by atoms with Crippen LogP contribution in [0.5, 0.6) is 0 Å². The van der Waals surface area contributed by atoms with Gasteiger partial charge in [0.2, 0.25) is 5.09 Å². The van der Waals surface area contributed by atoms with Crippen LogP contribution in [0.3, 0.4) is 0 Å². The Kier molecular flexibility index (Phi) is 7.00. The fourth-order valence-electron chi connectivity index (χ4n) is 3.88. The molecule has 1 saturated heterocycles. The Bertz CT molecular complexity index is 748. The van der Waals surface area contributed by atoms with E-state index in [4.69, 9.17) is 4.42 Å². The maximum absolute atomic E-state index is 12.2. The van der Waals surface area contributed by atoms with Gasteiger partial charge in [-0.2, -0.15) is 0 Å². The van der Waals surface area contributed by atoms with E-state index >= 15 is 0 Å². The number of rotatable bonds is 6. The monoisotopic (exact) mass is 412 g/mol. The van der Waals surface area contributed by atoms with Gasteiger partial charge < -0.3 is 15.1 Å². The number of carbonyl (C=O) groups excluding carboxylic acids is 1. The second-order valence-electron chi connectivity index (χ2n) is 8.01. The lowest BCUT2D eigenvalue weighted by Crippen LogP contribution is -2.50. The molecule has 3 rings (SSSR count). The largest absolute Gasteiger partial charge is 0.447 e. The molecule has 2 heterocycles. The van der Waals surface area contributed by atoms with E-state index in [-0.39, 0.29) is 17.2 Å². The third-order valence-electron chi connectivity index (χ3n) is 5.61. The molecule has 0 atom stereocenters. The van der Waals surface area contributed by atoms with E-state index in [1.165, 1.54) is 39.4 Å². The summed E-state index contributed by atoms with van der Waals surface area (Å²) < 4.78 is 30.9. The van der Waals surface area contributed by atoms with Gasteiger partial charge in [0.1, 0.15) is 5.76 Å². The molecule has 28 heavy (non-hydrogen) atoms. The summed E-state index contributed by atoms with van der Waals surface area (Å²) in [7, 11) is -0.566. The molecule has 1 aromatic rings. The smallest absolute Gasteiger partial charge is 0.315 e. The Labute approximate surface area is 167 Å². The Morgan fingerprint density at radius 1 is 1.07 bits per heavy atom. The predicted octanol–water partition coefficient (Wildman–Crippen LogP) is 2.13. The van der Waals surface area contributed by atoms with Gasteiger partial charge in [-0.15, -0.1) is 0 Å². The number of furan rings is 1. The van der Waals surface area contributed by atoms with Crippen molar-refractivity contribution in [3.63, 3.8) is 0 Å². The maximum Gasteiger partial charge on any atom is 0.315 e. The molecule has 2 fully saturated rings. The standard InChI is InChI=1S/C19H32N4O4S/c1-22(2)28(25,26)18-9-8-17(27-18)14-23-12-10-16(11-13-23)21-19(24)20-15-6-4-3-5-7-15/h8-9,15-16H,3-7,10-14H2,1-2H3,(H2,20,21,24). The van der Waals surface area contributed by atoms with Crippen LogP contribution in [-0.4, -0.2) is 62.9 Å². The molecule has 9 heteroatoms. The third kappa shape index (κ3) is 5.48. The van der Waals surface area contributed by atoms with Crippen molar-refractivity contribution in [2.45, 2.75) is 68.7 Å². The highest BCUT2D eigenvalue weighted by Crippen LogP contribution is 2.20. The van der Waals surface area contributed by atoms with Crippen molar-refractivity contribution in [1.29, 1.82) is 0 Å². The molecule has 2 amide bonds. The Hall–Kier alpha value is -1.58. The number of piperidine rings is 1. The molecule has 1 aliphatic carbocycles. The molecule has 0 radical (unpaired) electrons. The number of carbonyl (C=O) groups is 1. The average molecular weight is 413 g/mol. The summed E-state index contributed by atoms with van der Waals surface area (Å²) in [6.45, 7) is 2.25. The minimum Gasteiger partial charge on any atom is -0.447 e. The molecule has 158 valence electrons. The van der Waals surface area contributed by atoms with Crippen LogP contribution in [0, 0.1) is 0 Å². The number of urea groups is 1. The highest BCUT2D eigenvalue weighted by atomic mass is 32.2. The van der Waals surface area contributed by atoms with Gasteiger partial charge in [-0.25, -0.2) is 17.5 Å². The third-order valence-corrected chi connectivity index (χ3v) is 7.30. The minimum atomic E-state index is -3.54. The van der Waals surface area contributed by atoms with Gasteiger partial charge in [-0.05, 0) is 37.8 Å².